The topological polar surface area (TPSA) is 40.5 Å². The first-order chi connectivity index (χ1) is 3.92. The molecule has 0 fully saturated rings. The van der Waals surface area contributed by atoms with Gasteiger partial charge in [0.05, 0.1) is 0 Å². The van der Waals surface area contributed by atoms with E-state index in [4.69, 9.17) is 10.2 Å². The Morgan fingerprint density at radius 3 is 1.78 bits per heavy atom. The van der Waals surface area contributed by atoms with Crippen molar-refractivity contribution >= 4 is 0 Å². The molecule has 0 rings (SSSR count). The maximum atomic E-state index is 8.30. The number of rotatable bonds is 0. The minimum atomic E-state index is -1.50. The lowest BCUT2D eigenvalue weighted by atomic mass is 9.98. The number of aliphatic hydroxyl groups is 2. The summed E-state index contributed by atoms with van der Waals surface area (Å²) >= 11 is 0. The van der Waals surface area contributed by atoms with Gasteiger partial charge in [-0.25, -0.2) is 0 Å². The van der Waals surface area contributed by atoms with Crippen molar-refractivity contribution in [1.82, 2.24) is 0 Å². The summed E-state index contributed by atoms with van der Waals surface area (Å²) in [4.78, 5) is 0. The molecule has 0 atom stereocenters. The quantitative estimate of drug-likeness (QED) is 0.365. The molecule has 2 heteroatoms. The summed E-state index contributed by atoms with van der Waals surface area (Å²) in [6.07, 6.45) is -1.50. The smallest absolute Gasteiger partial charge is 0.217 e. The Bertz CT molecular complexity index is 131. The fourth-order valence-corrected chi connectivity index (χ4v) is 0.281. The molecule has 0 spiro atoms. The minimum Gasteiger partial charge on any atom is -0.358 e. The van der Waals surface area contributed by atoms with Gasteiger partial charge in [-0.15, -0.1) is 0 Å². The number of aliphatic hydroxyl groups excluding tert-OH is 1. The molecule has 0 aromatic carbocycles. The van der Waals surface area contributed by atoms with Crippen LogP contribution in [-0.2, 0) is 0 Å². The van der Waals surface area contributed by atoms with Gasteiger partial charge in [0.25, 0.3) is 0 Å². The van der Waals surface area contributed by atoms with E-state index in [9.17, 15) is 0 Å². The van der Waals surface area contributed by atoms with Crippen molar-refractivity contribution in [2.24, 2.45) is 5.41 Å². The summed E-state index contributed by atoms with van der Waals surface area (Å²) in [5.74, 6) is 4.92. The molecule has 0 aliphatic rings. The van der Waals surface area contributed by atoms with Gasteiger partial charge in [0.15, 0.2) is 0 Å². The standard InChI is InChI=1S/C7H12O2/c1-7(2,3)5-4-6(8)9/h6,8-9H,1-3H3. The molecule has 0 aliphatic heterocycles. The maximum absolute atomic E-state index is 8.30. The molecule has 2 N–H and O–H groups in total. The van der Waals surface area contributed by atoms with Crippen LogP contribution in [0.25, 0.3) is 0 Å². The zero-order chi connectivity index (χ0) is 7.49. The van der Waals surface area contributed by atoms with Crippen molar-refractivity contribution < 1.29 is 10.2 Å². The van der Waals surface area contributed by atoms with E-state index in [1.807, 2.05) is 20.8 Å². The van der Waals surface area contributed by atoms with Gasteiger partial charge >= 0.3 is 0 Å². The average molecular weight is 128 g/mol. The molecule has 2 nitrogen and oxygen atoms in total. The van der Waals surface area contributed by atoms with Crippen LogP contribution in [0.15, 0.2) is 0 Å². The molecule has 0 unspecified atom stereocenters. The first-order valence-corrected chi connectivity index (χ1v) is 2.81. The molecular formula is C7H12O2. The van der Waals surface area contributed by atoms with Gasteiger partial charge in [-0.2, -0.15) is 0 Å². The van der Waals surface area contributed by atoms with Crippen LogP contribution in [-0.4, -0.2) is 16.5 Å². The third kappa shape index (κ3) is 7.48. The maximum Gasteiger partial charge on any atom is 0.217 e. The molecule has 0 amide bonds. The normalized spacial score (nSPS) is 10.9. The van der Waals surface area contributed by atoms with E-state index >= 15 is 0 Å². The van der Waals surface area contributed by atoms with E-state index in [2.05, 4.69) is 11.8 Å². The highest BCUT2D eigenvalue weighted by Gasteiger charge is 2.03. The van der Waals surface area contributed by atoms with E-state index in [1.165, 1.54) is 0 Å². The highest BCUT2D eigenvalue weighted by Crippen LogP contribution is 2.09. The molecule has 0 aromatic heterocycles. The van der Waals surface area contributed by atoms with Gasteiger partial charge in [-0.3, -0.25) is 0 Å². The van der Waals surface area contributed by atoms with Crippen LogP contribution >= 0.6 is 0 Å². The Morgan fingerprint density at radius 2 is 1.67 bits per heavy atom. The highest BCUT2D eigenvalue weighted by molar-refractivity contribution is 5.08. The Labute approximate surface area is 55.5 Å². The molecule has 0 saturated carbocycles. The number of hydrogen-bond donors (Lipinski definition) is 2. The summed E-state index contributed by atoms with van der Waals surface area (Å²) < 4.78 is 0. The minimum absolute atomic E-state index is 0.149. The lowest BCUT2D eigenvalue weighted by molar-refractivity contribution is 0.0105. The molecule has 52 valence electrons. The first-order valence-electron chi connectivity index (χ1n) is 2.81. The Balaban J connectivity index is 3.88. The van der Waals surface area contributed by atoms with Gasteiger partial charge in [0.2, 0.25) is 6.29 Å². The zero-order valence-electron chi connectivity index (χ0n) is 5.97. The average Bonchev–Trinajstić information content (AvgIpc) is 1.59. The Kier molecular flexibility index (Phi) is 2.69. The molecule has 0 saturated heterocycles. The fraction of sp³-hybridized carbons (Fsp3) is 0.714. The predicted molar refractivity (Wildman–Crippen MR) is 35.5 cm³/mol. The predicted octanol–water partition coefficient (Wildman–Crippen LogP) is 0.347. The van der Waals surface area contributed by atoms with Crippen LogP contribution in [0.5, 0.6) is 0 Å². The van der Waals surface area contributed by atoms with Gasteiger partial charge < -0.3 is 10.2 Å². The van der Waals surface area contributed by atoms with Gasteiger partial charge in [-0.1, -0.05) is 5.92 Å². The first kappa shape index (κ1) is 8.48. The Morgan fingerprint density at radius 1 is 1.22 bits per heavy atom. The van der Waals surface area contributed by atoms with Crippen molar-refractivity contribution in [3.05, 3.63) is 0 Å². The van der Waals surface area contributed by atoms with Crippen LogP contribution < -0.4 is 0 Å². The zero-order valence-corrected chi connectivity index (χ0v) is 5.97. The molecule has 0 heterocycles. The summed E-state index contributed by atoms with van der Waals surface area (Å²) in [5.41, 5.74) is -0.149. The van der Waals surface area contributed by atoms with Crippen molar-refractivity contribution in [2.45, 2.75) is 27.1 Å². The van der Waals surface area contributed by atoms with Crippen molar-refractivity contribution in [3.8, 4) is 11.8 Å². The summed E-state index contributed by atoms with van der Waals surface area (Å²) in [7, 11) is 0. The van der Waals surface area contributed by atoms with E-state index < -0.39 is 6.29 Å². The second-order valence-electron chi connectivity index (χ2n) is 2.89. The van der Waals surface area contributed by atoms with Crippen molar-refractivity contribution in [1.29, 1.82) is 0 Å². The van der Waals surface area contributed by atoms with E-state index in [1.54, 1.807) is 0 Å². The highest BCUT2D eigenvalue weighted by atomic mass is 16.5. The van der Waals surface area contributed by atoms with Crippen LogP contribution in [0.2, 0.25) is 0 Å². The second kappa shape index (κ2) is 2.86. The van der Waals surface area contributed by atoms with Gasteiger partial charge in [-0.05, 0) is 26.7 Å². The van der Waals surface area contributed by atoms with Gasteiger partial charge in [0, 0.05) is 5.41 Å². The third-order valence-electron chi connectivity index (χ3n) is 0.576. The number of hydrogen-bond acceptors (Lipinski definition) is 2. The van der Waals surface area contributed by atoms with E-state index in [0.717, 1.165) is 0 Å². The second-order valence-corrected chi connectivity index (χ2v) is 2.89. The van der Waals surface area contributed by atoms with E-state index in [0.29, 0.717) is 0 Å². The molecule has 9 heavy (non-hydrogen) atoms. The van der Waals surface area contributed by atoms with Crippen LogP contribution in [0.4, 0.5) is 0 Å². The molecule has 0 radical (unpaired) electrons. The summed E-state index contributed by atoms with van der Waals surface area (Å²) in [6.45, 7) is 5.72. The van der Waals surface area contributed by atoms with Crippen LogP contribution in [0.3, 0.4) is 0 Å². The summed E-state index contributed by atoms with van der Waals surface area (Å²) in [6, 6.07) is 0. The molecule has 0 aromatic rings. The Hall–Kier alpha value is -0.520. The lowest BCUT2D eigenvalue weighted by Gasteiger charge is -2.06. The largest absolute Gasteiger partial charge is 0.358 e. The monoisotopic (exact) mass is 128 g/mol. The SMILES string of the molecule is CC(C)(C)C#CC(O)O. The third-order valence-corrected chi connectivity index (χ3v) is 0.576. The van der Waals surface area contributed by atoms with Crippen molar-refractivity contribution in [3.63, 3.8) is 0 Å². The fourth-order valence-electron chi connectivity index (χ4n) is 0.281. The van der Waals surface area contributed by atoms with Crippen LogP contribution in [0, 0.1) is 17.3 Å². The van der Waals surface area contributed by atoms with Gasteiger partial charge in [0.1, 0.15) is 0 Å². The molecule has 0 bridgehead atoms. The lowest BCUT2D eigenvalue weighted by Crippen LogP contribution is -2.04. The van der Waals surface area contributed by atoms with Crippen molar-refractivity contribution in [2.75, 3.05) is 0 Å². The summed E-state index contributed by atoms with van der Waals surface area (Å²) in [5, 5.41) is 16.6. The molecule has 0 aliphatic carbocycles. The molecular weight excluding hydrogens is 116 g/mol. The van der Waals surface area contributed by atoms with E-state index in [-0.39, 0.29) is 5.41 Å². The van der Waals surface area contributed by atoms with Crippen LogP contribution in [0.1, 0.15) is 20.8 Å².